The van der Waals surface area contributed by atoms with Gasteiger partial charge in [-0.15, -0.1) is 10.2 Å². The fourth-order valence-electron chi connectivity index (χ4n) is 2.66. The maximum absolute atomic E-state index is 8.89. The average Bonchev–Trinajstić information content (AvgIpc) is 3.13. The van der Waals surface area contributed by atoms with E-state index >= 15 is 0 Å². The minimum absolute atomic E-state index is 0.00378. The van der Waals surface area contributed by atoms with Crippen molar-refractivity contribution in [2.45, 2.75) is 25.5 Å². The van der Waals surface area contributed by atoms with Gasteiger partial charge in [0.05, 0.1) is 17.7 Å². The number of benzene rings is 1. The van der Waals surface area contributed by atoms with E-state index in [2.05, 4.69) is 21.2 Å². The summed E-state index contributed by atoms with van der Waals surface area (Å²) in [6, 6.07) is 9.63. The highest BCUT2D eigenvalue weighted by Gasteiger charge is 2.36. The van der Waals surface area contributed by atoms with Crippen molar-refractivity contribution in [1.29, 1.82) is 5.26 Å². The van der Waals surface area contributed by atoms with Crippen molar-refractivity contribution in [2.75, 3.05) is 18.6 Å². The summed E-state index contributed by atoms with van der Waals surface area (Å²) < 4.78 is 11.1. The Bertz CT molecular complexity index is 659. The number of anilines is 1. The van der Waals surface area contributed by atoms with Crippen molar-refractivity contribution in [3.63, 3.8) is 0 Å². The third-order valence-electron chi connectivity index (χ3n) is 3.75. The largest absolute Gasteiger partial charge is 0.423 e. The predicted molar refractivity (Wildman–Crippen MR) is 75.7 cm³/mol. The molecular weight excluding hydrogens is 268 g/mol. The van der Waals surface area contributed by atoms with Crippen molar-refractivity contribution in [2.24, 2.45) is 0 Å². The molecule has 1 fully saturated rings. The number of nitriles is 1. The molecule has 0 radical (unpaired) electrons. The van der Waals surface area contributed by atoms with Crippen LogP contribution in [-0.4, -0.2) is 30.0 Å². The molecule has 0 spiro atoms. The number of aryl methyl sites for hydroxylation is 1. The van der Waals surface area contributed by atoms with Crippen LogP contribution < -0.4 is 4.90 Å². The Hall–Kier alpha value is -2.39. The van der Waals surface area contributed by atoms with Crippen LogP contribution in [0.3, 0.4) is 0 Å². The van der Waals surface area contributed by atoms with Crippen molar-refractivity contribution >= 4 is 5.69 Å². The SMILES string of the molecule is CO[C@@H]1C[C@H](c2nnc(C)o2)N(c2ccc(C#N)cc2)C1. The number of nitrogens with zero attached hydrogens (tertiary/aromatic N) is 4. The second kappa shape index (κ2) is 5.54. The second-order valence-corrected chi connectivity index (χ2v) is 5.08. The van der Waals surface area contributed by atoms with E-state index in [0.29, 0.717) is 17.3 Å². The van der Waals surface area contributed by atoms with Gasteiger partial charge >= 0.3 is 0 Å². The average molecular weight is 284 g/mol. The Morgan fingerprint density at radius 3 is 2.67 bits per heavy atom. The first-order valence-corrected chi connectivity index (χ1v) is 6.81. The number of aromatic nitrogens is 2. The number of hydrogen-bond acceptors (Lipinski definition) is 6. The van der Waals surface area contributed by atoms with Gasteiger partial charge in [-0.1, -0.05) is 0 Å². The first-order chi connectivity index (χ1) is 10.2. The summed E-state index contributed by atoms with van der Waals surface area (Å²) in [7, 11) is 1.71. The summed E-state index contributed by atoms with van der Waals surface area (Å²) >= 11 is 0. The first kappa shape index (κ1) is 13.6. The van der Waals surface area contributed by atoms with Crippen LogP contribution in [0.4, 0.5) is 5.69 Å². The zero-order valence-electron chi connectivity index (χ0n) is 12.0. The van der Waals surface area contributed by atoms with E-state index in [9.17, 15) is 0 Å². The van der Waals surface area contributed by atoms with Crippen molar-refractivity contribution in [1.82, 2.24) is 10.2 Å². The lowest BCUT2D eigenvalue weighted by Crippen LogP contribution is -2.24. The Kier molecular flexibility index (Phi) is 3.59. The van der Waals surface area contributed by atoms with Crippen molar-refractivity contribution in [3.8, 4) is 6.07 Å². The number of hydrogen-bond donors (Lipinski definition) is 0. The van der Waals surface area contributed by atoms with Gasteiger partial charge in [0.1, 0.15) is 6.04 Å². The van der Waals surface area contributed by atoms with Gasteiger partial charge in [-0.05, 0) is 24.3 Å². The lowest BCUT2D eigenvalue weighted by atomic mass is 10.1. The molecule has 0 unspecified atom stereocenters. The molecule has 0 amide bonds. The quantitative estimate of drug-likeness (QED) is 0.860. The zero-order valence-corrected chi connectivity index (χ0v) is 12.0. The smallest absolute Gasteiger partial charge is 0.238 e. The van der Waals surface area contributed by atoms with Gasteiger partial charge in [0.15, 0.2) is 0 Å². The third kappa shape index (κ3) is 2.60. The normalized spacial score (nSPS) is 21.5. The van der Waals surface area contributed by atoms with Crippen LogP contribution in [0.1, 0.15) is 29.8 Å². The molecule has 2 heterocycles. The molecule has 1 saturated heterocycles. The lowest BCUT2D eigenvalue weighted by Gasteiger charge is -2.24. The van der Waals surface area contributed by atoms with Gasteiger partial charge in [0.25, 0.3) is 0 Å². The molecule has 1 aliphatic heterocycles. The van der Waals surface area contributed by atoms with Crippen LogP contribution in [0.25, 0.3) is 0 Å². The fourth-order valence-corrected chi connectivity index (χ4v) is 2.66. The van der Waals surface area contributed by atoms with Gasteiger partial charge in [-0.3, -0.25) is 0 Å². The molecule has 3 rings (SSSR count). The highest BCUT2D eigenvalue weighted by Crippen LogP contribution is 2.36. The Morgan fingerprint density at radius 1 is 1.33 bits per heavy atom. The molecule has 6 heteroatoms. The van der Waals surface area contributed by atoms with Crippen LogP contribution in [0.5, 0.6) is 0 Å². The van der Waals surface area contributed by atoms with Gasteiger partial charge in [-0.25, -0.2) is 0 Å². The molecule has 2 aromatic rings. The maximum atomic E-state index is 8.89. The van der Waals surface area contributed by atoms with E-state index in [1.54, 1.807) is 14.0 Å². The molecule has 0 bridgehead atoms. The van der Waals surface area contributed by atoms with Crippen LogP contribution >= 0.6 is 0 Å². The van der Waals surface area contributed by atoms with E-state index in [1.165, 1.54) is 0 Å². The molecule has 1 aliphatic rings. The van der Waals surface area contributed by atoms with E-state index in [-0.39, 0.29) is 12.1 Å². The Labute approximate surface area is 123 Å². The van der Waals surface area contributed by atoms with E-state index < -0.39 is 0 Å². The third-order valence-corrected chi connectivity index (χ3v) is 3.75. The van der Waals surface area contributed by atoms with Gasteiger partial charge in [0, 0.05) is 32.7 Å². The zero-order chi connectivity index (χ0) is 14.8. The summed E-state index contributed by atoms with van der Waals surface area (Å²) in [5.74, 6) is 1.17. The minimum atomic E-state index is 0.00378. The van der Waals surface area contributed by atoms with Crippen LogP contribution in [0, 0.1) is 18.3 Å². The molecule has 1 aromatic heterocycles. The van der Waals surface area contributed by atoms with E-state index in [4.69, 9.17) is 14.4 Å². The monoisotopic (exact) mass is 284 g/mol. The standard InChI is InChI=1S/C15H16N4O2/c1-10-17-18-15(21-10)14-7-13(20-2)9-19(14)12-5-3-11(8-16)4-6-12/h3-6,13-14H,7,9H2,1-2H3/t13-,14-/m1/s1. The van der Waals surface area contributed by atoms with Crippen molar-refractivity contribution < 1.29 is 9.15 Å². The topological polar surface area (TPSA) is 75.2 Å². The molecule has 21 heavy (non-hydrogen) atoms. The molecule has 0 aliphatic carbocycles. The minimum Gasteiger partial charge on any atom is -0.423 e. The number of rotatable bonds is 3. The summed E-state index contributed by atoms with van der Waals surface area (Å²) in [6.45, 7) is 2.54. The molecule has 108 valence electrons. The summed E-state index contributed by atoms with van der Waals surface area (Å²) in [5, 5.41) is 16.9. The Balaban J connectivity index is 1.91. The fraction of sp³-hybridized carbons (Fsp3) is 0.400. The summed E-state index contributed by atoms with van der Waals surface area (Å²) in [4.78, 5) is 2.18. The molecule has 0 N–H and O–H groups in total. The molecule has 2 atom stereocenters. The van der Waals surface area contributed by atoms with Crippen LogP contribution in [0.2, 0.25) is 0 Å². The number of methoxy groups -OCH3 is 1. The van der Waals surface area contributed by atoms with Gasteiger partial charge in [0.2, 0.25) is 11.8 Å². The van der Waals surface area contributed by atoms with E-state index in [0.717, 1.165) is 18.7 Å². The van der Waals surface area contributed by atoms with Gasteiger partial charge < -0.3 is 14.1 Å². The molecule has 1 aromatic carbocycles. The lowest BCUT2D eigenvalue weighted by molar-refractivity contribution is 0.117. The first-order valence-electron chi connectivity index (χ1n) is 6.81. The van der Waals surface area contributed by atoms with Gasteiger partial charge in [-0.2, -0.15) is 5.26 Å². The van der Waals surface area contributed by atoms with E-state index in [1.807, 2.05) is 24.3 Å². The highest BCUT2D eigenvalue weighted by atomic mass is 16.5. The molecule has 0 saturated carbocycles. The number of ether oxygens (including phenoxy) is 1. The molecule has 6 nitrogen and oxygen atoms in total. The maximum Gasteiger partial charge on any atom is 0.238 e. The van der Waals surface area contributed by atoms with Crippen LogP contribution in [-0.2, 0) is 4.74 Å². The predicted octanol–water partition coefficient (Wildman–Crippen LogP) is 2.22. The van der Waals surface area contributed by atoms with Crippen LogP contribution in [0.15, 0.2) is 28.7 Å². The molecular formula is C15H16N4O2. The van der Waals surface area contributed by atoms with Crippen molar-refractivity contribution in [3.05, 3.63) is 41.6 Å². The summed E-state index contributed by atoms with van der Waals surface area (Å²) in [6.07, 6.45) is 0.927. The highest BCUT2D eigenvalue weighted by molar-refractivity contribution is 5.52. The summed E-state index contributed by atoms with van der Waals surface area (Å²) in [5.41, 5.74) is 1.67. The second-order valence-electron chi connectivity index (χ2n) is 5.08. The Morgan fingerprint density at radius 2 is 2.10 bits per heavy atom.